The van der Waals surface area contributed by atoms with Gasteiger partial charge in [-0.1, -0.05) is 38.1 Å². The van der Waals surface area contributed by atoms with Gasteiger partial charge in [-0.2, -0.15) is 10.2 Å². The molecule has 5 rings (SSSR count). The van der Waals surface area contributed by atoms with Gasteiger partial charge < -0.3 is 15.8 Å². The number of ether oxygens (including phenoxy) is 1. The van der Waals surface area contributed by atoms with Crippen LogP contribution in [0.1, 0.15) is 24.3 Å². The summed E-state index contributed by atoms with van der Waals surface area (Å²) < 4.78 is 21.9. The molecular weight excluding hydrogens is 527 g/mol. The molecule has 3 heterocycles. The van der Waals surface area contributed by atoms with Crippen LogP contribution in [0.3, 0.4) is 0 Å². The lowest BCUT2D eigenvalue weighted by molar-refractivity contribution is 0.101. The van der Waals surface area contributed by atoms with Gasteiger partial charge in [-0.05, 0) is 35.7 Å². The number of nitrogens with two attached hydrogens (primary N) is 1. The number of amides is 1. The molecule has 11 nitrogen and oxygen atoms in total. The van der Waals surface area contributed by atoms with E-state index in [2.05, 4.69) is 34.2 Å². The lowest BCUT2D eigenvalue weighted by atomic mass is 10.1. The zero-order valence-electron chi connectivity index (χ0n) is 22.8. The van der Waals surface area contributed by atoms with Gasteiger partial charge in [0.05, 0.1) is 18.5 Å². The first-order chi connectivity index (χ1) is 19.7. The summed E-state index contributed by atoms with van der Waals surface area (Å²) in [6.07, 6.45) is 2.94. The second-order valence-electron chi connectivity index (χ2n) is 9.90. The Labute approximate surface area is 234 Å². The van der Waals surface area contributed by atoms with Gasteiger partial charge in [-0.15, -0.1) is 0 Å². The molecule has 12 heteroatoms. The first kappa shape index (κ1) is 27.6. The Morgan fingerprint density at radius 1 is 1.05 bits per heavy atom. The average molecular weight is 557 g/mol. The van der Waals surface area contributed by atoms with E-state index in [1.54, 1.807) is 31.4 Å². The van der Waals surface area contributed by atoms with Crippen molar-refractivity contribution in [3.8, 4) is 22.4 Å². The molecule has 0 atom stereocenters. The number of methoxy groups -OCH3 is 1. The molecule has 0 spiro atoms. The van der Waals surface area contributed by atoms with Gasteiger partial charge in [-0.25, -0.2) is 19.0 Å². The molecule has 0 saturated carbocycles. The highest BCUT2D eigenvalue weighted by molar-refractivity contribution is 6.03. The second kappa shape index (κ2) is 11.6. The van der Waals surface area contributed by atoms with Crippen LogP contribution < -0.4 is 16.5 Å². The molecule has 3 aromatic heterocycles. The van der Waals surface area contributed by atoms with Crippen LogP contribution in [-0.2, 0) is 17.8 Å². The predicted molar refractivity (Wildman–Crippen MR) is 154 cm³/mol. The number of anilines is 2. The number of nitrogen functional groups attached to an aromatic ring is 1. The third-order valence-electron chi connectivity index (χ3n) is 6.37. The van der Waals surface area contributed by atoms with Crippen molar-refractivity contribution in [3.05, 3.63) is 82.8 Å². The molecule has 1 amide bonds. The van der Waals surface area contributed by atoms with E-state index < -0.39 is 17.2 Å². The van der Waals surface area contributed by atoms with Gasteiger partial charge >= 0.3 is 0 Å². The molecule has 0 aliphatic carbocycles. The largest absolute Gasteiger partial charge is 0.383 e. The Morgan fingerprint density at radius 2 is 1.76 bits per heavy atom. The predicted octanol–water partition coefficient (Wildman–Crippen LogP) is 3.99. The number of halogens is 1. The topological polar surface area (TPSA) is 143 Å². The van der Waals surface area contributed by atoms with Crippen LogP contribution in [0.4, 0.5) is 15.9 Å². The normalized spacial score (nSPS) is 11.3. The van der Waals surface area contributed by atoms with Gasteiger partial charge in [0.15, 0.2) is 11.3 Å². The van der Waals surface area contributed by atoms with Crippen molar-refractivity contribution in [3.63, 3.8) is 0 Å². The summed E-state index contributed by atoms with van der Waals surface area (Å²) in [6, 6.07) is 12.5. The number of nitrogens with one attached hydrogen (secondary N) is 1. The van der Waals surface area contributed by atoms with E-state index in [0.29, 0.717) is 59.4 Å². The number of nitrogens with zero attached hydrogens (tertiary/aromatic N) is 6. The summed E-state index contributed by atoms with van der Waals surface area (Å²) in [4.78, 5) is 35.1. The summed E-state index contributed by atoms with van der Waals surface area (Å²) in [6.45, 7) is 5.47. The minimum absolute atomic E-state index is 0.222. The van der Waals surface area contributed by atoms with Gasteiger partial charge in [0, 0.05) is 36.7 Å². The number of carbonyl (C=O) groups is 1. The zero-order chi connectivity index (χ0) is 29.1. The maximum Gasteiger partial charge on any atom is 0.280 e. The van der Waals surface area contributed by atoms with Gasteiger partial charge in [0.25, 0.3) is 5.91 Å². The van der Waals surface area contributed by atoms with Gasteiger partial charge in [0.2, 0.25) is 5.43 Å². The second-order valence-corrected chi connectivity index (χ2v) is 9.90. The Morgan fingerprint density at radius 3 is 2.44 bits per heavy atom. The molecule has 5 aromatic rings. The molecule has 41 heavy (non-hydrogen) atoms. The molecule has 0 bridgehead atoms. The maximum absolute atomic E-state index is 13.5. The van der Waals surface area contributed by atoms with E-state index in [1.165, 1.54) is 41.5 Å². The number of carbonyl (C=O) groups excluding carboxylic acids is 1. The van der Waals surface area contributed by atoms with Crippen molar-refractivity contribution in [1.29, 1.82) is 0 Å². The molecule has 2 aromatic carbocycles. The molecule has 0 unspecified atom stereocenters. The third kappa shape index (κ3) is 5.82. The van der Waals surface area contributed by atoms with Crippen LogP contribution in [0.25, 0.3) is 33.4 Å². The highest BCUT2D eigenvalue weighted by Gasteiger charge is 2.20. The quantitative estimate of drug-likeness (QED) is 0.277. The van der Waals surface area contributed by atoms with Crippen molar-refractivity contribution in [2.45, 2.75) is 26.9 Å². The summed E-state index contributed by atoms with van der Waals surface area (Å²) in [5.41, 5.74) is 8.50. The van der Waals surface area contributed by atoms with Crippen molar-refractivity contribution >= 4 is 28.4 Å². The van der Waals surface area contributed by atoms with Crippen LogP contribution in [-0.4, -0.2) is 49.2 Å². The fourth-order valence-corrected chi connectivity index (χ4v) is 4.43. The standard InChI is InChI=1S/C29H29FN8O3/c1-17(2)14-38-28-23(27(31)32-16-33-28)24(36-38)19-6-10-21(11-7-19)34-29(40)25-26(39)22(15-37(35-25)12-13-41-3)18-4-8-20(30)9-5-18/h4-11,15-17H,12-14H2,1-3H3,(H,34,40)(H2,31,32,33). The molecule has 0 fully saturated rings. The first-order valence-corrected chi connectivity index (χ1v) is 13.0. The number of hydrogen-bond acceptors (Lipinski definition) is 8. The maximum atomic E-state index is 13.5. The molecule has 0 aliphatic heterocycles. The molecule has 210 valence electrons. The molecule has 0 aliphatic rings. The summed E-state index contributed by atoms with van der Waals surface area (Å²) in [5, 5.41) is 12.4. The molecule has 0 saturated heterocycles. The molecule has 3 N–H and O–H groups in total. The fraction of sp³-hybridized carbons (Fsp3) is 0.241. The number of hydrogen-bond donors (Lipinski definition) is 2. The lowest BCUT2D eigenvalue weighted by Gasteiger charge is -2.11. The summed E-state index contributed by atoms with van der Waals surface area (Å²) >= 11 is 0. The number of rotatable bonds is 9. The summed E-state index contributed by atoms with van der Waals surface area (Å²) in [5.74, 6) is -0.441. The highest BCUT2D eigenvalue weighted by atomic mass is 19.1. The number of fused-ring (bicyclic) bond motifs is 1. The van der Waals surface area contributed by atoms with E-state index in [4.69, 9.17) is 15.6 Å². The van der Waals surface area contributed by atoms with Crippen molar-refractivity contribution in [1.82, 2.24) is 29.5 Å². The lowest BCUT2D eigenvalue weighted by Crippen LogP contribution is -2.28. The van der Waals surface area contributed by atoms with Crippen LogP contribution >= 0.6 is 0 Å². The SMILES string of the molecule is COCCn1cc(-c2ccc(F)cc2)c(=O)c(C(=O)Nc2ccc(-c3nn(CC(C)C)c4ncnc(N)c34)cc2)n1. The van der Waals surface area contributed by atoms with E-state index in [0.717, 1.165) is 5.56 Å². The van der Waals surface area contributed by atoms with Crippen molar-refractivity contribution < 1.29 is 13.9 Å². The highest BCUT2D eigenvalue weighted by Crippen LogP contribution is 2.31. The van der Waals surface area contributed by atoms with Gasteiger partial charge in [-0.3, -0.25) is 14.3 Å². The summed E-state index contributed by atoms with van der Waals surface area (Å²) in [7, 11) is 1.54. The number of benzene rings is 2. The van der Waals surface area contributed by atoms with Gasteiger partial charge in [0.1, 0.15) is 23.7 Å². The van der Waals surface area contributed by atoms with Crippen molar-refractivity contribution in [2.75, 3.05) is 24.8 Å². The molecular formula is C29H29FN8O3. The van der Waals surface area contributed by atoms with E-state index in [1.807, 2.05) is 4.68 Å². The van der Waals surface area contributed by atoms with Crippen LogP contribution in [0.15, 0.2) is 65.8 Å². The first-order valence-electron chi connectivity index (χ1n) is 13.0. The zero-order valence-corrected chi connectivity index (χ0v) is 22.8. The Kier molecular flexibility index (Phi) is 7.83. The minimum Gasteiger partial charge on any atom is -0.383 e. The monoisotopic (exact) mass is 556 g/mol. The van der Waals surface area contributed by atoms with Crippen LogP contribution in [0.5, 0.6) is 0 Å². The third-order valence-corrected chi connectivity index (χ3v) is 6.37. The Balaban J connectivity index is 1.45. The van der Waals surface area contributed by atoms with E-state index in [-0.39, 0.29) is 11.3 Å². The number of aromatic nitrogens is 6. The smallest absolute Gasteiger partial charge is 0.280 e. The van der Waals surface area contributed by atoms with Crippen LogP contribution in [0, 0.1) is 11.7 Å². The Bertz CT molecular complexity index is 1760. The van der Waals surface area contributed by atoms with E-state index in [9.17, 15) is 14.0 Å². The average Bonchev–Trinajstić information content (AvgIpc) is 3.32. The molecule has 0 radical (unpaired) electrons. The Hall–Kier alpha value is -4.97. The minimum atomic E-state index is -0.679. The van der Waals surface area contributed by atoms with E-state index >= 15 is 0 Å². The fourth-order valence-electron chi connectivity index (χ4n) is 4.43. The van der Waals surface area contributed by atoms with Crippen molar-refractivity contribution in [2.24, 2.45) is 5.92 Å². The van der Waals surface area contributed by atoms with Crippen LogP contribution in [0.2, 0.25) is 0 Å².